The molecule has 0 aliphatic heterocycles. The lowest BCUT2D eigenvalue weighted by atomic mass is 9.72. The van der Waals surface area contributed by atoms with Crippen LogP contribution in [0.3, 0.4) is 0 Å². The Morgan fingerprint density at radius 2 is 1.68 bits per heavy atom. The second-order valence-electron chi connectivity index (χ2n) is 5.98. The summed E-state index contributed by atoms with van der Waals surface area (Å²) in [7, 11) is 0. The van der Waals surface area contributed by atoms with E-state index in [1.165, 1.54) is 33.3 Å². The molecule has 0 atom stereocenters. The number of para-hydroxylation sites is 1. The molecule has 0 amide bonds. The first-order valence-electron chi connectivity index (χ1n) is 6.86. The molecule has 0 unspecified atom stereocenters. The molecule has 0 radical (unpaired) electrons. The molecule has 0 saturated heterocycles. The Kier molecular flexibility index (Phi) is 2.00. The molecule has 94 valence electrons. The maximum absolute atomic E-state index is 3.65. The second kappa shape index (κ2) is 3.51. The molecule has 1 heteroatoms. The predicted octanol–water partition coefficient (Wildman–Crippen LogP) is 4.40. The Morgan fingerprint density at radius 3 is 2.58 bits per heavy atom. The van der Waals surface area contributed by atoms with Crippen LogP contribution < -0.4 is 0 Å². The van der Waals surface area contributed by atoms with Crippen molar-refractivity contribution >= 4 is 10.9 Å². The van der Waals surface area contributed by atoms with E-state index < -0.39 is 0 Å². The third-order valence-electron chi connectivity index (χ3n) is 4.50. The van der Waals surface area contributed by atoms with Gasteiger partial charge < -0.3 is 4.98 Å². The van der Waals surface area contributed by atoms with E-state index in [-0.39, 0.29) is 5.41 Å². The number of benzene rings is 2. The van der Waals surface area contributed by atoms with E-state index in [0.29, 0.717) is 0 Å². The van der Waals surface area contributed by atoms with Crippen LogP contribution in [-0.4, -0.2) is 4.98 Å². The highest BCUT2D eigenvalue weighted by Crippen LogP contribution is 2.43. The molecular formula is C18H17N. The summed E-state index contributed by atoms with van der Waals surface area (Å²) in [4.78, 5) is 3.65. The normalized spacial score (nSPS) is 16.1. The molecule has 1 aliphatic carbocycles. The minimum atomic E-state index is 0.0587. The van der Waals surface area contributed by atoms with Crippen molar-refractivity contribution in [1.82, 2.24) is 4.98 Å². The van der Waals surface area contributed by atoms with Gasteiger partial charge in [0.2, 0.25) is 0 Å². The summed E-state index contributed by atoms with van der Waals surface area (Å²) < 4.78 is 0. The Hall–Kier alpha value is -2.02. The Balaban J connectivity index is 2.08. The van der Waals surface area contributed by atoms with Crippen molar-refractivity contribution in [3.05, 3.63) is 70.9 Å². The second-order valence-corrected chi connectivity index (χ2v) is 5.98. The lowest BCUT2D eigenvalue weighted by Gasteiger charge is -2.32. The van der Waals surface area contributed by atoms with E-state index in [1.54, 1.807) is 0 Å². The van der Waals surface area contributed by atoms with Crippen LogP contribution >= 0.6 is 0 Å². The molecule has 1 N–H and O–H groups in total. The van der Waals surface area contributed by atoms with Crippen molar-refractivity contribution in [2.45, 2.75) is 25.7 Å². The number of rotatable bonds is 0. The van der Waals surface area contributed by atoms with Gasteiger partial charge in [-0.15, -0.1) is 0 Å². The van der Waals surface area contributed by atoms with Gasteiger partial charge in [-0.2, -0.15) is 0 Å². The third-order valence-corrected chi connectivity index (χ3v) is 4.50. The van der Waals surface area contributed by atoms with Gasteiger partial charge in [0.15, 0.2) is 0 Å². The molecule has 3 aromatic rings. The number of aromatic nitrogens is 1. The molecule has 19 heavy (non-hydrogen) atoms. The molecule has 0 spiro atoms. The van der Waals surface area contributed by atoms with E-state index in [9.17, 15) is 0 Å². The minimum absolute atomic E-state index is 0.0587. The van der Waals surface area contributed by atoms with Gasteiger partial charge in [-0.1, -0.05) is 56.3 Å². The molecule has 4 rings (SSSR count). The molecule has 0 saturated carbocycles. The SMILES string of the molecule is CC1(C)c2ccccc2Cc2c1[nH]c1ccccc21. The number of H-pyrrole nitrogens is 1. The van der Waals surface area contributed by atoms with Gasteiger partial charge in [-0.25, -0.2) is 0 Å². The summed E-state index contributed by atoms with van der Waals surface area (Å²) in [5.41, 5.74) is 7.09. The molecule has 1 heterocycles. The van der Waals surface area contributed by atoms with Gasteiger partial charge >= 0.3 is 0 Å². The molecule has 1 aromatic heterocycles. The van der Waals surface area contributed by atoms with E-state index in [2.05, 4.69) is 67.4 Å². The highest BCUT2D eigenvalue weighted by molar-refractivity contribution is 5.86. The maximum atomic E-state index is 3.65. The molecule has 0 fully saturated rings. The van der Waals surface area contributed by atoms with Gasteiger partial charge in [-0.05, 0) is 22.8 Å². The summed E-state index contributed by atoms with van der Waals surface area (Å²) in [5.74, 6) is 0. The summed E-state index contributed by atoms with van der Waals surface area (Å²) in [6.45, 7) is 4.64. The lowest BCUT2D eigenvalue weighted by Crippen LogP contribution is -2.26. The fourth-order valence-electron chi connectivity index (χ4n) is 3.53. The van der Waals surface area contributed by atoms with Crippen molar-refractivity contribution in [3.8, 4) is 0 Å². The Labute approximate surface area is 113 Å². The fourth-order valence-corrected chi connectivity index (χ4v) is 3.53. The van der Waals surface area contributed by atoms with Gasteiger partial charge in [0.25, 0.3) is 0 Å². The zero-order valence-electron chi connectivity index (χ0n) is 11.3. The highest BCUT2D eigenvalue weighted by Gasteiger charge is 2.34. The minimum Gasteiger partial charge on any atom is -0.357 e. The molecular weight excluding hydrogens is 230 g/mol. The lowest BCUT2D eigenvalue weighted by molar-refractivity contribution is 0.595. The average molecular weight is 247 g/mol. The first kappa shape index (κ1) is 10.9. The van der Waals surface area contributed by atoms with Crippen molar-refractivity contribution in [2.75, 3.05) is 0 Å². The van der Waals surface area contributed by atoms with Gasteiger partial charge in [-0.3, -0.25) is 0 Å². The van der Waals surface area contributed by atoms with Crippen LogP contribution in [0.15, 0.2) is 48.5 Å². The highest BCUT2D eigenvalue weighted by atomic mass is 14.8. The largest absolute Gasteiger partial charge is 0.357 e. The maximum Gasteiger partial charge on any atom is 0.0459 e. The summed E-state index contributed by atoms with van der Waals surface area (Å²) >= 11 is 0. The van der Waals surface area contributed by atoms with Crippen molar-refractivity contribution in [1.29, 1.82) is 0 Å². The molecule has 2 aromatic carbocycles. The van der Waals surface area contributed by atoms with E-state index in [4.69, 9.17) is 0 Å². The van der Waals surface area contributed by atoms with Crippen LogP contribution in [0.5, 0.6) is 0 Å². The van der Waals surface area contributed by atoms with Crippen LogP contribution in [0.2, 0.25) is 0 Å². The van der Waals surface area contributed by atoms with Crippen LogP contribution in [0.25, 0.3) is 10.9 Å². The fraction of sp³-hybridized carbons (Fsp3) is 0.222. The van der Waals surface area contributed by atoms with Crippen LogP contribution in [0, 0.1) is 0 Å². The van der Waals surface area contributed by atoms with Crippen LogP contribution in [0.1, 0.15) is 36.2 Å². The smallest absolute Gasteiger partial charge is 0.0459 e. The van der Waals surface area contributed by atoms with E-state index in [1.807, 2.05) is 0 Å². The van der Waals surface area contributed by atoms with Crippen LogP contribution in [0.4, 0.5) is 0 Å². The topological polar surface area (TPSA) is 15.8 Å². The Bertz CT molecular complexity index is 777. The monoisotopic (exact) mass is 247 g/mol. The summed E-state index contributed by atoms with van der Waals surface area (Å²) in [6.07, 6.45) is 1.04. The molecule has 1 nitrogen and oxygen atoms in total. The standard InChI is InChI=1S/C18H17N/c1-18(2)15-9-5-3-7-12(15)11-14-13-8-4-6-10-16(13)19-17(14)18/h3-10,19H,11H2,1-2H3. The zero-order chi connectivity index (χ0) is 13.0. The van der Waals surface area contributed by atoms with Crippen molar-refractivity contribution in [2.24, 2.45) is 0 Å². The quantitative estimate of drug-likeness (QED) is 0.606. The predicted molar refractivity (Wildman–Crippen MR) is 79.7 cm³/mol. The average Bonchev–Trinajstić information content (AvgIpc) is 2.79. The van der Waals surface area contributed by atoms with E-state index in [0.717, 1.165) is 6.42 Å². The Morgan fingerprint density at radius 1 is 0.947 bits per heavy atom. The number of hydrogen-bond acceptors (Lipinski definition) is 0. The number of nitrogens with one attached hydrogen (secondary N) is 1. The molecule has 1 aliphatic rings. The zero-order valence-corrected chi connectivity index (χ0v) is 11.3. The van der Waals surface area contributed by atoms with Gasteiger partial charge in [0.1, 0.15) is 0 Å². The number of hydrogen-bond donors (Lipinski definition) is 1. The van der Waals surface area contributed by atoms with Crippen LogP contribution in [-0.2, 0) is 11.8 Å². The van der Waals surface area contributed by atoms with Gasteiger partial charge in [0.05, 0.1) is 0 Å². The van der Waals surface area contributed by atoms with Crippen molar-refractivity contribution < 1.29 is 0 Å². The van der Waals surface area contributed by atoms with Gasteiger partial charge in [0, 0.05) is 28.4 Å². The van der Waals surface area contributed by atoms with E-state index >= 15 is 0 Å². The van der Waals surface area contributed by atoms with Crippen molar-refractivity contribution in [3.63, 3.8) is 0 Å². The molecule has 0 bridgehead atoms. The summed E-state index contributed by atoms with van der Waals surface area (Å²) in [5, 5.41) is 1.38. The number of fused-ring (bicyclic) bond motifs is 4. The first-order chi connectivity index (χ1) is 9.18. The third kappa shape index (κ3) is 1.36. The number of aromatic amines is 1. The summed E-state index contributed by atoms with van der Waals surface area (Å²) in [6, 6.07) is 17.5. The first-order valence-corrected chi connectivity index (χ1v) is 6.86.